The van der Waals surface area contributed by atoms with E-state index in [1.54, 1.807) is 24.5 Å². The molecule has 0 fully saturated rings. The van der Waals surface area contributed by atoms with Crippen molar-refractivity contribution in [2.75, 3.05) is 12.3 Å². The second-order valence-corrected chi connectivity index (χ2v) is 4.84. The third-order valence-electron chi connectivity index (χ3n) is 1.85. The van der Waals surface area contributed by atoms with E-state index in [0.717, 1.165) is 5.56 Å². The first-order valence-electron chi connectivity index (χ1n) is 5.71. The predicted octanol–water partition coefficient (Wildman–Crippen LogP) is 2.20. The third-order valence-corrected chi connectivity index (χ3v) is 1.85. The minimum Gasteiger partial charge on any atom is -0.444 e. The van der Waals surface area contributed by atoms with Gasteiger partial charge in [-0.15, -0.1) is 0 Å². The van der Waals surface area contributed by atoms with Crippen LogP contribution >= 0.6 is 0 Å². The van der Waals surface area contributed by atoms with Gasteiger partial charge in [0, 0.05) is 18.9 Å². The molecule has 1 rings (SSSR count). The molecule has 0 aliphatic rings. The Kier molecular flexibility index (Phi) is 4.71. The van der Waals surface area contributed by atoms with E-state index in [1.165, 1.54) is 0 Å². The van der Waals surface area contributed by atoms with Gasteiger partial charge in [0.25, 0.3) is 0 Å². The van der Waals surface area contributed by atoms with Crippen LogP contribution in [0.1, 0.15) is 26.3 Å². The Morgan fingerprint density at radius 3 is 2.83 bits per heavy atom. The van der Waals surface area contributed by atoms with Crippen molar-refractivity contribution in [2.24, 2.45) is 0 Å². The molecule has 18 heavy (non-hydrogen) atoms. The van der Waals surface area contributed by atoms with Crippen molar-refractivity contribution in [3.8, 4) is 0 Å². The zero-order valence-electron chi connectivity index (χ0n) is 10.9. The van der Waals surface area contributed by atoms with Crippen LogP contribution in [0.15, 0.2) is 24.5 Å². The van der Waals surface area contributed by atoms with Gasteiger partial charge < -0.3 is 15.8 Å². The summed E-state index contributed by atoms with van der Waals surface area (Å²) in [6.07, 6.45) is 6.48. The number of hydrogen-bond acceptors (Lipinski definition) is 4. The molecule has 0 aliphatic carbocycles. The molecular weight excluding hydrogens is 230 g/mol. The standard InChI is InChI=1S/C13H19N3O2/c1-13(2,3)18-12(17)16-6-4-5-10-7-11(14)9-15-8-10/h4-5,7-9H,6,14H2,1-3H3,(H,16,17). The summed E-state index contributed by atoms with van der Waals surface area (Å²) in [4.78, 5) is 15.3. The van der Waals surface area contributed by atoms with Gasteiger partial charge >= 0.3 is 6.09 Å². The number of pyridine rings is 1. The van der Waals surface area contributed by atoms with E-state index < -0.39 is 11.7 Å². The number of alkyl carbamates (subject to hydrolysis) is 1. The Bertz CT molecular complexity index is 436. The largest absolute Gasteiger partial charge is 0.444 e. The molecule has 5 nitrogen and oxygen atoms in total. The summed E-state index contributed by atoms with van der Waals surface area (Å²) in [6.45, 7) is 5.85. The minimum absolute atomic E-state index is 0.393. The molecular formula is C13H19N3O2. The van der Waals surface area contributed by atoms with E-state index in [-0.39, 0.29) is 0 Å². The number of hydrogen-bond donors (Lipinski definition) is 2. The predicted molar refractivity (Wildman–Crippen MR) is 71.9 cm³/mol. The lowest BCUT2D eigenvalue weighted by molar-refractivity contribution is 0.0534. The summed E-state index contributed by atoms with van der Waals surface area (Å²) in [5, 5.41) is 2.62. The molecule has 0 saturated heterocycles. The van der Waals surface area contributed by atoms with Gasteiger partial charge in [0.1, 0.15) is 5.60 Å². The van der Waals surface area contributed by atoms with Crippen LogP contribution in [0.2, 0.25) is 0 Å². The third kappa shape index (κ3) is 5.89. The molecule has 0 bridgehead atoms. The van der Waals surface area contributed by atoms with E-state index in [2.05, 4.69) is 10.3 Å². The Labute approximate surface area is 107 Å². The zero-order chi connectivity index (χ0) is 13.6. The number of rotatable bonds is 3. The van der Waals surface area contributed by atoms with E-state index in [0.29, 0.717) is 12.2 Å². The van der Waals surface area contributed by atoms with Crippen molar-refractivity contribution in [1.82, 2.24) is 10.3 Å². The lowest BCUT2D eigenvalue weighted by Crippen LogP contribution is -2.32. The molecule has 0 saturated carbocycles. The highest BCUT2D eigenvalue weighted by atomic mass is 16.6. The number of carbonyl (C=O) groups excluding carboxylic acids is 1. The summed E-state index contributed by atoms with van der Waals surface area (Å²) in [6, 6.07) is 1.80. The fraction of sp³-hybridized carbons (Fsp3) is 0.385. The smallest absolute Gasteiger partial charge is 0.407 e. The van der Waals surface area contributed by atoms with Gasteiger partial charge in [-0.2, -0.15) is 0 Å². The fourth-order valence-electron chi connectivity index (χ4n) is 1.22. The van der Waals surface area contributed by atoms with E-state index in [9.17, 15) is 4.79 Å². The van der Waals surface area contributed by atoms with Gasteiger partial charge in [-0.25, -0.2) is 4.79 Å². The number of nitrogens with one attached hydrogen (secondary N) is 1. The van der Waals surface area contributed by atoms with Crippen molar-refractivity contribution in [3.05, 3.63) is 30.1 Å². The van der Waals surface area contributed by atoms with Gasteiger partial charge in [-0.1, -0.05) is 12.2 Å². The Morgan fingerprint density at radius 1 is 1.50 bits per heavy atom. The monoisotopic (exact) mass is 249 g/mol. The minimum atomic E-state index is -0.481. The highest BCUT2D eigenvalue weighted by Crippen LogP contribution is 2.07. The van der Waals surface area contributed by atoms with Gasteiger partial charge in [0.05, 0.1) is 5.69 Å². The van der Waals surface area contributed by atoms with Gasteiger partial charge in [0.2, 0.25) is 0 Å². The molecule has 98 valence electrons. The van der Waals surface area contributed by atoms with Crippen LogP contribution < -0.4 is 11.1 Å². The first kappa shape index (κ1) is 14.0. The van der Waals surface area contributed by atoms with E-state index >= 15 is 0 Å². The molecule has 1 heterocycles. The maximum absolute atomic E-state index is 11.3. The number of nitrogens with zero attached hydrogens (tertiary/aromatic N) is 1. The Morgan fingerprint density at radius 2 is 2.22 bits per heavy atom. The molecule has 0 unspecified atom stereocenters. The van der Waals surface area contributed by atoms with Crippen molar-refractivity contribution in [3.63, 3.8) is 0 Å². The fourth-order valence-corrected chi connectivity index (χ4v) is 1.22. The number of ether oxygens (including phenoxy) is 1. The van der Waals surface area contributed by atoms with Crippen molar-refractivity contribution < 1.29 is 9.53 Å². The maximum atomic E-state index is 11.3. The highest BCUT2D eigenvalue weighted by Gasteiger charge is 2.14. The van der Waals surface area contributed by atoms with E-state index in [4.69, 9.17) is 10.5 Å². The van der Waals surface area contributed by atoms with Crippen LogP contribution in [0, 0.1) is 0 Å². The molecule has 1 aromatic rings. The molecule has 0 atom stereocenters. The molecule has 1 amide bonds. The number of nitrogen functional groups attached to an aromatic ring is 1. The molecule has 0 radical (unpaired) electrons. The Balaban J connectivity index is 2.36. The van der Waals surface area contributed by atoms with Crippen LogP contribution in [0.5, 0.6) is 0 Å². The highest BCUT2D eigenvalue weighted by molar-refractivity contribution is 5.68. The van der Waals surface area contributed by atoms with Gasteiger partial charge in [-0.3, -0.25) is 4.98 Å². The normalized spacial score (nSPS) is 11.5. The van der Waals surface area contributed by atoms with Crippen molar-refractivity contribution in [1.29, 1.82) is 0 Å². The summed E-state index contributed by atoms with van der Waals surface area (Å²) >= 11 is 0. The number of carbonyl (C=O) groups is 1. The molecule has 1 aromatic heterocycles. The first-order valence-corrected chi connectivity index (χ1v) is 5.71. The molecule has 5 heteroatoms. The van der Waals surface area contributed by atoms with E-state index in [1.807, 2.05) is 26.8 Å². The average Bonchev–Trinajstić information content (AvgIpc) is 2.22. The van der Waals surface area contributed by atoms with Crippen molar-refractivity contribution >= 4 is 17.9 Å². The van der Waals surface area contributed by atoms with Crippen LogP contribution in [-0.2, 0) is 4.74 Å². The van der Waals surface area contributed by atoms with Gasteiger partial charge in [0.15, 0.2) is 0 Å². The first-order chi connectivity index (χ1) is 8.37. The van der Waals surface area contributed by atoms with Crippen LogP contribution in [0.25, 0.3) is 6.08 Å². The van der Waals surface area contributed by atoms with Gasteiger partial charge in [-0.05, 0) is 32.4 Å². The molecule has 0 aromatic carbocycles. The Hall–Kier alpha value is -2.04. The topological polar surface area (TPSA) is 77.2 Å². The zero-order valence-corrected chi connectivity index (χ0v) is 10.9. The number of amides is 1. The summed E-state index contributed by atoms with van der Waals surface area (Å²) in [5.74, 6) is 0. The quantitative estimate of drug-likeness (QED) is 0.861. The van der Waals surface area contributed by atoms with Crippen LogP contribution in [0.3, 0.4) is 0 Å². The molecule has 0 spiro atoms. The lowest BCUT2D eigenvalue weighted by atomic mass is 10.2. The second kappa shape index (κ2) is 6.05. The molecule has 3 N–H and O–H groups in total. The average molecular weight is 249 g/mol. The van der Waals surface area contributed by atoms with Crippen LogP contribution in [-0.4, -0.2) is 23.2 Å². The molecule has 0 aliphatic heterocycles. The SMILES string of the molecule is CC(C)(C)OC(=O)NCC=Cc1cncc(N)c1. The number of anilines is 1. The number of nitrogens with two attached hydrogens (primary N) is 1. The lowest BCUT2D eigenvalue weighted by Gasteiger charge is -2.19. The summed E-state index contributed by atoms with van der Waals surface area (Å²) in [5.41, 5.74) is 6.61. The number of aromatic nitrogens is 1. The van der Waals surface area contributed by atoms with Crippen molar-refractivity contribution in [2.45, 2.75) is 26.4 Å². The second-order valence-electron chi connectivity index (χ2n) is 4.84. The summed E-state index contributed by atoms with van der Waals surface area (Å²) < 4.78 is 5.09. The maximum Gasteiger partial charge on any atom is 0.407 e. The van der Waals surface area contributed by atoms with Crippen LogP contribution in [0.4, 0.5) is 10.5 Å². The summed E-state index contributed by atoms with van der Waals surface area (Å²) in [7, 11) is 0.